The summed E-state index contributed by atoms with van der Waals surface area (Å²) in [5.41, 5.74) is 0.815. The number of nitrogens with two attached hydrogens (primary N) is 1. The molecule has 4 N–H and O–H groups in total. The van der Waals surface area contributed by atoms with Crippen LogP contribution in [0.1, 0.15) is 25.7 Å². The molecule has 1 amide bonds. The molecular weight excluding hydrogens is 294 g/mol. The number of anilines is 2. The molecule has 1 heterocycles. The average molecular weight is 313 g/mol. The van der Waals surface area contributed by atoms with E-state index in [1.54, 1.807) is 18.2 Å². The predicted molar refractivity (Wildman–Crippen MR) is 80.0 cm³/mol. The number of amides is 1. The lowest BCUT2D eigenvalue weighted by Crippen LogP contribution is -2.21. The van der Waals surface area contributed by atoms with E-state index in [9.17, 15) is 13.2 Å². The molecule has 1 fully saturated rings. The minimum atomic E-state index is -3.82. The summed E-state index contributed by atoms with van der Waals surface area (Å²) >= 11 is 0. The third-order valence-electron chi connectivity index (χ3n) is 3.12. The summed E-state index contributed by atoms with van der Waals surface area (Å²) in [4.78, 5) is 11.8. The molecule has 1 saturated heterocycles. The molecule has 0 bridgehead atoms. The zero-order valence-corrected chi connectivity index (χ0v) is 12.4. The third-order valence-corrected chi connectivity index (χ3v) is 3.64. The Morgan fingerprint density at radius 1 is 1.38 bits per heavy atom. The molecule has 21 heavy (non-hydrogen) atoms. The van der Waals surface area contributed by atoms with E-state index in [-0.39, 0.29) is 12.0 Å². The molecule has 8 heteroatoms. The number of carbonyl (C=O) groups excluding carboxylic acids is 1. The quantitative estimate of drug-likeness (QED) is 0.732. The lowest BCUT2D eigenvalue weighted by Gasteiger charge is -2.10. The lowest BCUT2D eigenvalue weighted by atomic mass is 10.1. The van der Waals surface area contributed by atoms with Crippen LogP contribution in [0.2, 0.25) is 0 Å². The SMILES string of the molecule is NS(=O)(=O)Nc1cccc(NC(=O)CCC2CCCO2)c1. The summed E-state index contributed by atoms with van der Waals surface area (Å²) in [5, 5.41) is 7.62. The first kappa shape index (κ1) is 15.7. The second-order valence-corrected chi connectivity index (χ2v) is 6.24. The number of benzene rings is 1. The summed E-state index contributed by atoms with van der Waals surface area (Å²) in [7, 11) is -3.82. The van der Waals surface area contributed by atoms with Gasteiger partial charge in [0.15, 0.2) is 0 Å². The maximum absolute atomic E-state index is 11.8. The Balaban J connectivity index is 1.86. The number of carbonyl (C=O) groups is 1. The summed E-state index contributed by atoms with van der Waals surface area (Å²) < 4.78 is 29.5. The van der Waals surface area contributed by atoms with Crippen molar-refractivity contribution in [1.29, 1.82) is 0 Å². The Hall–Kier alpha value is -1.64. The Kier molecular flexibility index (Phi) is 5.16. The fraction of sp³-hybridized carbons (Fsp3) is 0.462. The van der Waals surface area contributed by atoms with Crippen molar-refractivity contribution >= 4 is 27.5 Å². The molecule has 1 aliphatic heterocycles. The van der Waals surface area contributed by atoms with Crippen LogP contribution in [0.4, 0.5) is 11.4 Å². The molecule has 1 atom stereocenters. The Labute approximate surface area is 124 Å². The van der Waals surface area contributed by atoms with Gasteiger partial charge in [-0.25, -0.2) is 5.14 Å². The van der Waals surface area contributed by atoms with Crippen molar-refractivity contribution in [3.63, 3.8) is 0 Å². The Morgan fingerprint density at radius 3 is 2.81 bits per heavy atom. The molecule has 7 nitrogen and oxygen atoms in total. The van der Waals surface area contributed by atoms with Crippen LogP contribution in [0.25, 0.3) is 0 Å². The number of hydrogen-bond acceptors (Lipinski definition) is 4. The largest absolute Gasteiger partial charge is 0.378 e. The fourth-order valence-corrected chi connectivity index (χ4v) is 2.67. The van der Waals surface area contributed by atoms with Crippen LogP contribution >= 0.6 is 0 Å². The van der Waals surface area contributed by atoms with Gasteiger partial charge in [-0.3, -0.25) is 9.52 Å². The molecule has 0 aromatic heterocycles. The number of hydrogen-bond donors (Lipinski definition) is 3. The van der Waals surface area contributed by atoms with E-state index < -0.39 is 10.2 Å². The smallest absolute Gasteiger partial charge is 0.296 e. The fourth-order valence-electron chi connectivity index (χ4n) is 2.21. The van der Waals surface area contributed by atoms with Gasteiger partial charge in [-0.15, -0.1) is 0 Å². The van der Waals surface area contributed by atoms with E-state index >= 15 is 0 Å². The van der Waals surface area contributed by atoms with E-state index in [1.165, 1.54) is 6.07 Å². The zero-order chi connectivity index (χ0) is 15.3. The highest BCUT2D eigenvalue weighted by atomic mass is 32.2. The second-order valence-electron chi connectivity index (χ2n) is 4.95. The van der Waals surface area contributed by atoms with Crippen LogP contribution in [-0.2, 0) is 19.7 Å². The van der Waals surface area contributed by atoms with Crippen LogP contribution in [0.5, 0.6) is 0 Å². The van der Waals surface area contributed by atoms with Crippen LogP contribution in [0, 0.1) is 0 Å². The van der Waals surface area contributed by atoms with E-state index in [1.807, 2.05) is 0 Å². The van der Waals surface area contributed by atoms with Gasteiger partial charge in [-0.2, -0.15) is 8.42 Å². The standard InChI is InChI=1S/C13H19N3O4S/c14-21(18,19)16-11-4-1-3-10(9-11)15-13(17)7-6-12-5-2-8-20-12/h1,3-4,9,12,16H,2,5-8H2,(H,15,17)(H2,14,18,19). The van der Waals surface area contributed by atoms with Gasteiger partial charge in [-0.1, -0.05) is 6.07 Å². The number of nitrogens with one attached hydrogen (secondary N) is 2. The monoisotopic (exact) mass is 313 g/mol. The number of rotatable bonds is 6. The van der Waals surface area contributed by atoms with Gasteiger partial charge in [-0.05, 0) is 37.5 Å². The van der Waals surface area contributed by atoms with Gasteiger partial charge in [0.05, 0.1) is 11.8 Å². The molecule has 0 radical (unpaired) electrons. The van der Waals surface area contributed by atoms with Crippen LogP contribution in [-0.4, -0.2) is 27.0 Å². The predicted octanol–water partition coefficient (Wildman–Crippen LogP) is 1.20. The minimum Gasteiger partial charge on any atom is -0.378 e. The van der Waals surface area contributed by atoms with Gasteiger partial charge in [0.2, 0.25) is 5.91 Å². The highest BCUT2D eigenvalue weighted by Crippen LogP contribution is 2.19. The van der Waals surface area contributed by atoms with Gasteiger partial charge >= 0.3 is 0 Å². The van der Waals surface area contributed by atoms with Crippen molar-refractivity contribution in [2.75, 3.05) is 16.6 Å². The zero-order valence-electron chi connectivity index (χ0n) is 11.5. The summed E-state index contributed by atoms with van der Waals surface area (Å²) in [5.74, 6) is -0.127. The minimum absolute atomic E-state index is 0.127. The van der Waals surface area contributed by atoms with Crippen molar-refractivity contribution in [1.82, 2.24) is 0 Å². The van der Waals surface area contributed by atoms with Gasteiger partial charge in [0.1, 0.15) is 0 Å². The first-order valence-electron chi connectivity index (χ1n) is 6.74. The van der Waals surface area contributed by atoms with E-state index in [2.05, 4.69) is 10.0 Å². The molecular formula is C13H19N3O4S. The average Bonchev–Trinajstić information content (AvgIpc) is 2.87. The van der Waals surface area contributed by atoms with Crippen molar-refractivity contribution in [2.24, 2.45) is 5.14 Å². The van der Waals surface area contributed by atoms with Gasteiger partial charge < -0.3 is 10.1 Å². The molecule has 0 aliphatic carbocycles. The Morgan fingerprint density at radius 2 is 2.14 bits per heavy atom. The lowest BCUT2D eigenvalue weighted by molar-refractivity contribution is -0.116. The highest BCUT2D eigenvalue weighted by molar-refractivity contribution is 7.90. The van der Waals surface area contributed by atoms with Crippen molar-refractivity contribution in [2.45, 2.75) is 31.8 Å². The van der Waals surface area contributed by atoms with Gasteiger partial charge in [0.25, 0.3) is 10.2 Å². The van der Waals surface area contributed by atoms with Crippen LogP contribution < -0.4 is 15.2 Å². The first-order chi connectivity index (χ1) is 9.92. The molecule has 1 unspecified atom stereocenters. The topological polar surface area (TPSA) is 111 Å². The molecule has 0 spiro atoms. The summed E-state index contributed by atoms with van der Waals surface area (Å²) in [6.45, 7) is 0.771. The maximum Gasteiger partial charge on any atom is 0.296 e. The van der Waals surface area contributed by atoms with Crippen LogP contribution in [0.3, 0.4) is 0 Å². The van der Waals surface area contributed by atoms with Crippen LogP contribution in [0.15, 0.2) is 24.3 Å². The van der Waals surface area contributed by atoms with Crippen molar-refractivity contribution in [3.8, 4) is 0 Å². The molecule has 1 aliphatic rings. The molecule has 2 rings (SSSR count). The number of ether oxygens (including phenoxy) is 1. The summed E-state index contributed by atoms with van der Waals surface area (Å²) in [6.07, 6.45) is 3.29. The third kappa shape index (κ3) is 5.70. The molecule has 1 aromatic carbocycles. The van der Waals surface area contributed by atoms with Crippen molar-refractivity contribution in [3.05, 3.63) is 24.3 Å². The summed E-state index contributed by atoms with van der Waals surface area (Å²) in [6, 6.07) is 6.36. The maximum atomic E-state index is 11.8. The normalized spacial score (nSPS) is 18.4. The highest BCUT2D eigenvalue weighted by Gasteiger charge is 2.16. The second kappa shape index (κ2) is 6.88. The van der Waals surface area contributed by atoms with E-state index in [0.29, 0.717) is 24.2 Å². The molecule has 116 valence electrons. The van der Waals surface area contributed by atoms with Gasteiger partial charge in [0, 0.05) is 18.7 Å². The van der Waals surface area contributed by atoms with E-state index in [0.717, 1.165) is 19.4 Å². The van der Waals surface area contributed by atoms with Crippen molar-refractivity contribution < 1.29 is 17.9 Å². The van der Waals surface area contributed by atoms with E-state index in [4.69, 9.17) is 9.88 Å². The Bertz CT molecular complexity index is 597. The first-order valence-corrected chi connectivity index (χ1v) is 8.29. The molecule has 1 aromatic rings. The molecule has 0 saturated carbocycles.